The quantitative estimate of drug-likeness (QED) is 0.796. The van der Waals surface area contributed by atoms with Crippen LogP contribution in [-0.2, 0) is 0 Å². The smallest absolute Gasteiger partial charge is 0.137 e. The van der Waals surface area contributed by atoms with Crippen molar-refractivity contribution in [2.75, 3.05) is 6.61 Å². The molecule has 2 unspecified atom stereocenters. The topological polar surface area (TPSA) is 55.5 Å². The molecule has 0 aliphatic heterocycles. The lowest BCUT2D eigenvalue weighted by molar-refractivity contribution is 0.0876. The van der Waals surface area contributed by atoms with Crippen molar-refractivity contribution in [1.29, 1.82) is 0 Å². The normalized spacial score (nSPS) is 14.7. The molecule has 96 valence electrons. The zero-order valence-electron chi connectivity index (χ0n) is 10.9. The molecule has 1 rings (SSSR count). The molecule has 0 amide bonds. The van der Waals surface area contributed by atoms with Crippen molar-refractivity contribution < 1.29 is 9.84 Å². The molecule has 3 N–H and O–H groups in total. The van der Waals surface area contributed by atoms with Gasteiger partial charge in [0, 0.05) is 6.04 Å². The summed E-state index contributed by atoms with van der Waals surface area (Å²) < 4.78 is 5.78. The molecule has 0 spiro atoms. The Balaban J connectivity index is 2.66. The minimum atomic E-state index is -0.335. The van der Waals surface area contributed by atoms with E-state index in [9.17, 15) is 5.11 Å². The van der Waals surface area contributed by atoms with Gasteiger partial charge in [-0.25, -0.2) is 0 Å². The van der Waals surface area contributed by atoms with Crippen molar-refractivity contribution in [2.45, 2.75) is 39.3 Å². The molecule has 0 aliphatic rings. The fourth-order valence-corrected chi connectivity index (χ4v) is 1.81. The summed E-state index contributed by atoms with van der Waals surface area (Å²) >= 11 is 0. The third-order valence-electron chi connectivity index (χ3n) is 2.77. The highest BCUT2D eigenvalue weighted by Gasteiger charge is 2.20. The Bertz CT molecular complexity index is 339. The minimum absolute atomic E-state index is 0.0534. The van der Waals surface area contributed by atoms with Gasteiger partial charge in [-0.05, 0) is 30.9 Å². The lowest BCUT2D eigenvalue weighted by Gasteiger charge is -2.25. The summed E-state index contributed by atoms with van der Waals surface area (Å²) in [6, 6.07) is 7.63. The minimum Gasteiger partial charge on any atom is -0.486 e. The van der Waals surface area contributed by atoms with Crippen LogP contribution in [0, 0.1) is 12.8 Å². The van der Waals surface area contributed by atoms with E-state index in [0.29, 0.717) is 5.92 Å². The zero-order chi connectivity index (χ0) is 12.8. The highest BCUT2D eigenvalue weighted by molar-refractivity contribution is 5.32. The number of ether oxygens (including phenoxy) is 1. The lowest BCUT2D eigenvalue weighted by atomic mass is 10.0. The largest absolute Gasteiger partial charge is 0.486 e. The summed E-state index contributed by atoms with van der Waals surface area (Å²) in [4.78, 5) is 0. The van der Waals surface area contributed by atoms with E-state index in [1.54, 1.807) is 0 Å². The molecule has 2 atom stereocenters. The molecule has 0 fully saturated rings. The molecule has 0 aliphatic carbocycles. The lowest BCUT2D eigenvalue weighted by Crippen LogP contribution is -2.42. The first-order valence-electron chi connectivity index (χ1n) is 6.13. The highest BCUT2D eigenvalue weighted by Crippen LogP contribution is 2.19. The number of hydrogen-bond donors (Lipinski definition) is 2. The van der Waals surface area contributed by atoms with Gasteiger partial charge in [0.25, 0.3) is 0 Å². The van der Waals surface area contributed by atoms with Crippen molar-refractivity contribution in [3.8, 4) is 5.75 Å². The monoisotopic (exact) mass is 237 g/mol. The van der Waals surface area contributed by atoms with Gasteiger partial charge < -0.3 is 15.6 Å². The van der Waals surface area contributed by atoms with Crippen LogP contribution in [0.15, 0.2) is 24.3 Å². The van der Waals surface area contributed by atoms with Gasteiger partial charge in [-0.3, -0.25) is 0 Å². The van der Waals surface area contributed by atoms with Gasteiger partial charge in [0.1, 0.15) is 11.9 Å². The zero-order valence-corrected chi connectivity index (χ0v) is 10.9. The first-order valence-corrected chi connectivity index (χ1v) is 6.13. The Kier molecular flexibility index (Phi) is 5.45. The van der Waals surface area contributed by atoms with E-state index in [-0.39, 0.29) is 18.8 Å². The summed E-state index contributed by atoms with van der Waals surface area (Å²) in [6.45, 7) is 6.16. The van der Waals surface area contributed by atoms with Crippen LogP contribution in [0.25, 0.3) is 0 Å². The average molecular weight is 237 g/mol. The van der Waals surface area contributed by atoms with Crippen LogP contribution in [0.4, 0.5) is 0 Å². The van der Waals surface area contributed by atoms with Gasteiger partial charge in [-0.2, -0.15) is 0 Å². The van der Waals surface area contributed by atoms with Gasteiger partial charge in [0.2, 0.25) is 0 Å². The number of nitrogens with two attached hydrogens (primary N) is 1. The van der Waals surface area contributed by atoms with Crippen LogP contribution in [0.3, 0.4) is 0 Å². The predicted molar refractivity (Wildman–Crippen MR) is 70.1 cm³/mol. The number of hydrogen-bond acceptors (Lipinski definition) is 3. The molecule has 1 aromatic rings. The van der Waals surface area contributed by atoms with Crippen LogP contribution in [0.5, 0.6) is 5.75 Å². The van der Waals surface area contributed by atoms with E-state index in [2.05, 4.69) is 13.8 Å². The summed E-state index contributed by atoms with van der Waals surface area (Å²) in [5.74, 6) is 1.30. The maximum absolute atomic E-state index is 9.36. The Morgan fingerprint density at radius 1 is 1.29 bits per heavy atom. The molecular formula is C14H23NO2. The van der Waals surface area contributed by atoms with Crippen molar-refractivity contribution in [3.05, 3.63) is 29.8 Å². The van der Waals surface area contributed by atoms with Gasteiger partial charge in [-0.15, -0.1) is 0 Å². The van der Waals surface area contributed by atoms with Crippen molar-refractivity contribution in [3.63, 3.8) is 0 Å². The summed E-state index contributed by atoms with van der Waals surface area (Å²) in [7, 11) is 0. The fraction of sp³-hybridized carbons (Fsp3) is 0.571. The van der Waals surface area contributed by atoms with E-state index in [1.807, 2.05) is 31.2 Å². The van der Waals surface area contributed by atoms with E-state index in [4.69, 9.17) is 10.5 Å². The second kappa shape index (κ2) is 6.62. The van der Waals surface area contributed by atoms with Crippen molar-refractivity contribution >= 4 is 0 Å². The van der Waals surface area contributed by atoms with Crippen LogP contribution in [-0.4, -0.2) is 23.9 Å². The van der Waals surface area contributed by atoms with Crippen LogP contribution in [0.2, 0.25) is 0 Å². The first-order chi connectivity index (χ1) is 8.04. The van der Waals surface area contributed by atoms with E-state index in [1.165, 1.54) is 0 Å². The SMILES string of the molecule is Cc1ccccc1OC(CO)C(N)CC(C)C. The van der Waals surface area contributed by atoms with Gasteiger partial charge in [0.15, 0.2) is 0 Å². The van der Waals surface area contributed by atoms with Crippen LogP contribution in [0.1, 0.15) is 25.8 Å². The second-order valence-corrected chi connectivity index (χ2v) is 4.90. The summed E-state index contributed by atoms with van der Waals surface area (Å²) in [6.07, 6.45) is 0.510. The Morgan fingerprint density at radius 2 is 1.94 bits per heavy atom. The maximum Gasteiger partial charge on any atom is 0.137 e. The first kappa shape index (κ1) is 14.0. The maximum atomic E-state index is 9.36. The average Bonchev–Trinajstić information content (AvgIpc) is 2.27. The Morgan fingerprint density at radius 3 is 2.47 bits per heavy atom. The molecular weight excluding hydrogens is 214 g/mol. The van der Waals surface area contributed by atoms with Crippen molar-refractivity contribution in [1.82, 2.24) is 0 Å². The number of rotatable bonds is 6. The molecule has 3 heteroatoms. The molecule has 3 nitrogen and oxygen atoms in total. The summed E-state index contributed by atoms with van der Waals surface area (Å²) in [5.41, 5.74) is 7.10. The predicted octanol–water partition coefficient (Wildman–Crippen LogP) is 2.11. The molecule has 0 saturated carbocycles. The molecule has 0 aromatic heterocycles. The number of aliphatic hydroxyl groups is 1. The molecule has 0 saturated heterocycles. The van der Waals surface area contributed by atoms with Crippen molar-refractivity contribution in [2.24, 2.45) is 11.7 Å². The highest BCUT2D eigenvalue weighted by atomic mass is 16.5. The van der Waals surface area contributed by atoms with Gasteiger partial charge in [0.05, 0.1) is 6.61 Å². The Hall–Kier alpha value is -1.06. The number of aryl methyl sites for hydroxylation is 1. The number of para-hydroxylation sites is 1. The standard InChI is InChI=1S/C14H23NO2/c1-10(2)8-12(15)14(9-16)17-13-7-5-4-6-11(13)3/h4-7,10,12,14,16H,8-9,15H2,1-3H3. The van der Waals surface area contributed by atoms with E-state index < -0.39 is 0 Å². The van der Waals surface area contributed by atoms with Gasteiger partial charge in [-0.1, -0.05) is 32.0 Å². The van der Waals surface area contributed by atoms with Crippen LogP contribution < -0.4 is 10.5 Å². The molecule has 0 radical (unpaired) electrons. The number of aliphatic hydroxyl groups excluding tert-OH is 1. The van der Waals surface area contributed by atoms with Crippen LogP contribution >= 0.6 is 0 Å². The summed E-state index contributed by atoms with van der Waals surface area (Å²) in [5, 5.41) is 9.36. The molecule has 0 bridgehead atoms. The molecule has 17 heavy (non-hydrogen) atoms. The Labute approximate surface area is 104 Å². The van der Waals surface area contributed by atoms with Gasteiger partial charge >= 0.3 is 0 Å². The second-order valence-electron chi connectivity index (χ2n) is 4.90. The third kappa shape index (κ3) is 4.36. The van der Waals surface area contributed by atoms with E-state index >= 15 is 0 Å². The number of benzene rings is 1. The van der Waals surface area contributed by atoms with E-state index in [0.717, 1.165) is 17.7 Å². The fourth-order valence-electron chi connectivity index (χ4n) is 1.81. The third-order valence-corrected chi connectivity index (χ3v) is 2.77. The molecule has 1 aromatic carbocycles. The molecule has 0 heterocycles.